The number of rotatable bonds is 7. The number of hydrogen-bond donors (Lipinski definition) is 3. The summed E-state index contributed by atoms with van der Waals surface area (Å²) in [5, 5.41) is 15.0. The number of aromatic amines is 1. The van der Waals surface area contributed by atoms with E-state index in [9.17, 15) is 18.1 Å². The summed E-state index contributed by atoms with van der Waals surface area (Å²) in [5.41, 5.74) is 1.42. The number of hydrogen-bond acceptors (Lipinski definition) is 9. The predicted octanol–water partition coefficient (Wildman–Crippen LogP) is 3.94. The van der Waals surface area contributed by atoms with E-state index < -0.39 is 21.2 Å². The van der Waals surface area contributed by atoms with Gasteiger partial charge in [0, 0.05) is 22.8 Å². The van der Waals surface area contributed by atoms with E-state index in [0.29, 0.717) is 18.8 Å². The van der Waals surface area contributed by atoms with Gasteiger partial charge in [-0.2, -0.15) is 4.31 Å². The maximum absolute atomic E-state index is 12.9. The minimum atomic E-state index is -3.77. The average Bonchev–Trinajstić information content (AvgIpc) is 3.51. The number of nitrogens with zero attached hydrogens (tertiary/aromatic N) is 3. The average molecular weight is 514 g/mol. The summed E-state index contributed by atoms with van der Waals surface area (Å²) in [6.45, 7) is 8.72. The summed E-state index contributed by atoms with van der Waals surface area (Å²) in [7, 11) is -3.77. The Morgan fingerprint density at radius 1 is 1.36 bits per heavy atom. The Bertz CT molecular complexity index is 1290. The Labute approximate surface area is 199 Å². The molecule has 0 saturated carbocycles. The van der Waals surface area contributed by atoms with E-state index in [0.717, 1.165) is 35.5 Å². The number of anilines is 2. The van der Waals surface area contributed by atoms with Crippen molar-refractivity contribution in [2.24, 2.45) is 10.9 Å². The lowest BCUT2D eigenvalue weighted by Crippen LogP contribution is -2.27. The van der Waals surface area contributed by atoms with Gasteiger partial charge in [0.05, 0.1) is 5.69 Å². The highest BCUT2D eigenvalue weighted by molar-refractivity contribution is 7.91. The van der Waals surface area contributed by atoms with Crippen LogP contribution in [0, 0.1) is 19.8 Å². The molecule has 1 unspecified atom stereocenters. The summed E-state index contributed by atoms with van der Waals surface area (Å²) in [4.78, 5) is 4.70. The zero-order valence-electron chi connectivity index (χ0n) is 18.8. The first-order valence-electron chi connectivity index (χ1n) is 10.6. The lowest BCUT2D eigenvalue weighted by Gasteiger charge is -2.14. The molecule has 0 amide bonds. The fourth-order valence-electron chi connectivity index (χ4n) is 3.66. The van der Waals surface area contributed by atoms with Crippen LogP contribution in [0.15, 0.2) is 25.1 Å². The molecule has 1 saturated heterocycles. The molecule has 1 fully saturated rings. The van der Waals surface area contributed by atoms with Crippen molar-refractivity contribution < 1.29 is 22.5 Å². The Morgan fingerprint density at radius 3 is 2.67 bits per heavy atom. The molecule has 2 atom stereocenters. The van der Waals surface area contributed by atoms with Crippen LogP contribution in [0.2, 0.25) is 0 Å². The third-order valence-electron chi connectivity index (χ3n) is 5.58. The van der Waals surface area contributed by atoms with Crippen LogP contribution in [0.1, 0.15) is 49.8 Å². The molecule has 0 aliphatic carbocycles. The molecule has 180 valence electrons. The molecule has 1 aliphatic rings. The summed E-state index contributed by atoms with van der Waals surface area (Å²) >= 11 is -0.824. The second-order valence-electron chi connectivity index (χ2n) is 8.37. The van der Waals surface area contributed by atoms with Gasteiger partial charge in [-0.15, -0.1) is 15.7 Å². The molecule has 3 aromatic rings. The summed E-state index contributed by atoms with van der Waals surface area (Å²) in [5.74, 6) is 1.33. The third-order valence-corrected chi connectivity index (χ3v) is 9.69. The zero-order valence-corrected chi connectivity index (χ0v) is 21.2. The largest absolute Gasteiger partial charge is 0.548 e. The van der Waals surface area contributed by atoms with Gasteiger partial charge in [0.15, 0.2) is 21.1 Å². The van der Waals surface area contributed by atoms with Gasteiger partial charge in [0.25, 0.3) is 10.0 Å². The first-order chi connectivity index (χ1) is 15.6. The zero-order chi connectivity index (χ0) is 23.9. The topological polar surface area (TPSA) is 147 Å². The Balaban J connectivity index is 1.68. The predicted molar refractivity (Wildman–Crippen MR) is 126 cm³/mol. The van der Waals surface area contributed by atoms with Gasteiger partial charge in [-0.1, -0.05) is 13.8 Å². The van der Waals surface area contributed by atoms with Crippen molar-refractivity contribution in [3.8, 4) is 5.75 Å². The molecule has 0 aromatic carbocycles. The molecule has 33 heavy (non-hydrogen) atoms. The van der Waals surface area contributed by atoms with Gasteiger partial charge in [0.1, 0.15) is 17.6 Å². The van der Waals surface area contributed by atoms with Gasteiger partial charge in [0.2, 0.25) is 11.3 Å². The number of nitrogens with one attached hydrogen (secondary N) is 2. The Kier molecular flexibility index (Phi) is 6.69. The number of thiophene rings is 1. The van der Waals surface area contributed by atoms with E-state index in [1.54, 1.807) is 0 Å². The van der Waals surface area contributed by atoms with Crippen LogP contribution < -0.4 is 10.8 Å². The van der Waals surface area contributed by atoms with Crippen LogP contribution in [0.5, 0.6) is 5.75 Å². The first-order valence-corrected chi connectivity index (χ1v) is 14.0. The standard InChI is InChI=1S/C20H27N5O5S3/c1-11(2)16(15-9-12(3)13(4)30-15)22-19-18(23-32(27)24-19)21-14-10-31-20(17(14)26)33(28,29)25-7-5-6-8-25/h9-11,16,26H,5-8H2,1-4H3,(H,21,23)(H,22,24)/t16-,32?/m1/s1. The van der Waals surface area contributed by atoms with Crippen molar-refractivity contribution in [2.45, 2.75) is 50.8 Å². The molecule has 0 spiro atoms. The number of aryl methyl sites for hydroxylation is 2. The maximum Gasteiger partial charge on any atom is 0.256 e. The number of sulfonamides is 1. The SMILES string of the molecule is Cc1cc([C@H](N=c2[nH][s+]([O-])nc2Nc2csc(S(=O)(=O)N3CCCC3)c2O)C(C)C)oc1C. The summed E-state index contributed by atoms with van der Waals surface area (Å²) in [6, 6.07) is 1.57. The fourth-order valence-corrected chi connectivity index (χ4v) is 7.21. The molecule has 1 aliphatic heterocycles. The highest BCUT2D eigenvalue weighted by atomic mass is 32.2. The quantitative estimate of drug-likeness (QED) is 0.405. The number of H-pyrrole nitrogens is 1. The monoisotopic (exact) mass is 513 g/mol. The highest BCUT2D eigenvalue weighted by Gasteiger charge is 2.32. The molecular weight excluding hydrogens is 486 g/mol. The van der Waals surface area contributed by atoms with Crippen molar-refractivity contribution in [1.29, 1.82) is 0 Å². The van der Waals surface area contributed by atoms with Gasteiger partial charge in [-0.3, -0.25) is 0 Å². The highest BCUT2D eigenvalue weighted by Crippen LogP contribution is 2.40. The van der Waals surface area contributed by atoms with Crippen molar-refractivity contribution in [2.75, 3.05) is 18.4 Å². The fraction of sp³-hybridized carbons (Fsp3) is 0.500. The minimum Gasteiger partial charge on any atom is -0.548 e. The molecule has 0 radical (unpaired) electrons. The molecule has 0 bridgehead atoms. The van der Waals surface area contributed by atoms with E-state index >= 15 is 0 Å². The van der Waals surface area contributed by atoms with Crippen molar-refractivity contribution in [1.82, 2.24) is 13.1 Å². The number of furan rings is 1. The van der Waals surface area contributed by atoms with Gasteiger partial charge < -0.3 is 19.4 Å². The van der Waals surface area contributed by atoms with E-state index in [1.165, 1.54) is 9.69 Å². The summed E-state index contributed by atoms with van der Waals surface area (Å²) < 4.78 is 51.7. The normalized spacial score (nSPS) is 17.3. The van der Waals surface area contributed by atoms with Crippen molar-refractivity contribution >= 4 is 44.0 Å². The lowest BCUT2D eigenvalue weighted by atomic mass is 10.0. The molecule has 13 heteroatoms. The molecule has 4 heterocycles. The lowest BCUT2D eigenvalue weighted by molar-refractivity contribution is 0.387. The van der Waals surface area contributed by atoms with Gasteiger partial charge >= 0.3 is 0 Å². The van der Waals surface area contributed by atoms with E-state index in [2.05, 4.69) is 14.1 Å². The number of aromatic nitrogens is 2. The van der Waals surface area contributed by atoms with Crippen LogP contribution >= 0.6 is 22.5 Å². The van der Waals surface area contributed by atoms with Gasteiger partial charge in [-0.05, 0) is 44.2 Å². The van der Waals surface area contributed by atoms with E-state index in [4.69, 9.17) is 9.41 Å². The third kappa shape index (κ3) is 4.73. The van der Waals surface area contributed by atoms with Crippen LogP contribution in [0.3, 0.4) is 0 Å². The Hall–Kier alpha value is -2.19. The second-order valence-corrected chi connectivity index (χ2v) is 12.3. The van der Waals surface area contributed by atoms with E-state index in [1.807, 2.05) is 33.8 Å². The van der Waals surface area contributed by atoms with Crippen LogP contribution in [-0.2, 0) is 10.0 Å². The maximum atomic E-state index is 12.9. The van der Waals surface area contributed by atoms with Crippen molar-refractivity contribution in [3.63, 3.8) is 0 Å². The first kappa shape index (κ1) is 24.0. The van der Waals surface area contributed by atoms with E-state index in [-0.39, 0.29) is 38.9 Å². The second kappa shape index (κ2) is 9.22. The van der Waals surface area contributed by atoms with Crippen LogP contribution in [-0.4, -0.2) is 44.2 Å². The molecule has 4 rings (SSSR count). The smallest absolute Gasteiger partial charge is 0.256 e. The van der Waals surface area contributed by atoms with Crippen LogP contribution in [0.25, 0.3) is 0 Å². The molecule has 3 N–H and O–H groups in total. The summed E-state index contributed by atoms with van der Waals surface area (Å²) in [6.07, 6.45) is 1.60. The Morgan fingerprint density at radius 2 is 2.06 bits per heavy atom. The van der Waals surface area contributed by atoms with Crippen molar-refractivity contribution in [3.05, 3.63) is 34.0 Å². The number of aromatic hydroxyl groups is 1. The molecule has 10 nitrogen and oxygen atoms in total. The van der Waals surface area contributed by atoms with Crippen LogP contribution in [0.4, 0.5) is 11.5 Å². The van der Waals surface area contributed by atoms with Gasteiger partial charge in [-0.25, -0.2) is 13.4 Å². The minimum absolute atomic E-state index is 0.0753. The molecule has 3 aromatic heterocycles. The molecular formula is C20H27N5O5S3.